The Kier molecular flexibility index (Phi) is 9.24. The Morgan fingerprint density at radius 1 is 1.31 bits per heavy atom. The number of nitrogens with one attached hydrogen (secondary N) is 2. The van der Waals surface area contributed by atoms with Gasteiger partial charge in [-0.15, -0.1) is 0 Å². The maximum absolute atomic E-state index is 11.7. The Morgan fingerprint density at radius 2 is 2.00 bits per heavy atom. The van der Waals surface area contributed by atoms with E-state index in [-0.39, 0.29) is 18.4 Å². The van der Waals surface area contributed by atoms with Gasteiger partial charge in [0, 0.05) is 25.6 Å². The van der Waals surface area contributed by atoms with Crippen molar-refractivity contribution in [2.75, 3.05) is 26.2 Å². The monoisotopic (exact) mass is 230 g/mol. The third kappa shape index (κ3) is 6.80. The highest BCUT2D eigenvalue weighted by atomic mass is 16.3. The average molecular weight is 230 g/mol. The maximum Gasteiger partial charge on any atom is 0.224 e. The number of aliphatic hydroxyl groups is 1. The van der Waals surface area contributed by atoms with E-state index >= 15 is 0 Å². The molecule has 16 heavy (non-hydrogen) atoms. The minimum Gasteiger partial charge on any atom is -0.396 e. The molecule has 0 aliphatic heterocycles. The van der Waals surface area contributed by atoms with Gasteiger partial charge in [-0.1, -0.05) is 27.2 Å². The summed E-state index contributed by atoms with van der Waals surface area (Å²) < 4.78 is 0. The molecule has 0 aliphatic carbocycles. The van der Waals surface area contributed by atoms with Crippen LogP contribution in [0.4, 0.5) is 0 Å². The molecule has 4 nitrogen and oxygen atoms in total. The first-order valence-electron chi connectivity index (χ1n) is 6.24. The summed E-state index contributed by atoms with van der Waals surface area (Å²) in [5.74, 6) is 0.490. The Morgan fingerprint density at radius 3 is 2.50 bits per heavy atom. The maximum atomic E-state index is 11.7. The van der Waals surface area contributed by atoms with Gasteiger partial charge in [0.15, 0.2) is 0 Å². The van der Waals surface area contributed by atoms with Crippen molar-refractivity contribution in [1.82, 2.24) is 10.6 Å². The molecule has 2 unspecified atom stereocenters. The summed E-state index contributed by atoms with van der Waals surface area (Å²) >= 11 is 0. The van der Waals surface area contributed by atoms with E-state index in [0.29, 0.717) is 12.5 Å². The number of rotatable bonds is 9. The predicted molar refractivity (Wildman–Crippen MR) is 66.2 cm³/mol. The van der Waals surface area contributed by atoms with Crippen LogP contribution in [0.2, 0.25) is 0 Å². The van der Waals surface area contributed by atoms with Crippen LogP contribution in [0.5, 0.6) is 0 Å². The summed E-state index contributed by atoms with van der Waals surface area (Å²) in [5, 5.41) is 14.9. The lowest BCUT2D eigenvalue weighted by Gasteiger charge is -2.17. The smallest absolute Gasteiger partial charge is 0.224 e. The topological polar surface area (TPSA) is 61.4 Å². The Bertz CT molecular complexity index is 186. The Balaban J connectivity index is 3.76. The molecule has 0 spiro atoms. The van der Waals surface area contributed by atoms with Crippen molar-refractivity contribution in [2.45, 2.75) is 33.6 Å². The zero-order chi connectivity index (χ0) is 12.4. The van der Waals surface area contributed by atoms with Crippen molar-refractivity contribution in [3.63, 3.8) is 0 Å². The summed E-state index contributed by atoms with van der Waals surface area (Å²) in [6.45, 7) is 8.51. The van der Waals surface area contributed by atoms with E-state index in [9.17, 15) is 4.79 Å². The zero-order valence-corrected chi connectivity index (χ0v) is 10.8. The fraction of sp³-hybridized carbons (Fsp3) is 0.917. The fourth-order valence-corrected chi connectivity index (χ4v) is 1.51. The van der Waals surface area contributed by atoms with Crippen LogP contribution in [-0.4, -0.2) is 37.3 Å². The predicted octanol–water partition coefficient (Wildman–Crippen LogP) is 0.757. The molecule has 0 aromatic rings. The Labute approximate surface area is 98.8 Å². The highest BCUT2D eigenvalue weighted by Gasteiger charge is 2.13. The lowest BCUT2D eigenvalue weighted by atomic mass is 10.0. The van der Waals surface area contributed by atoms with Gasteiger partial charge in [0.1, 0.15) is 0 Å². The molecule has 0 fully saturated rings. The van der Waals surface area contributed by atoms with Crippen molar-refractivity contribution >= 4 is 5.91 Å². The zero-order valence-electron chi connectivity index (χ0n) is 10.8. The van der Waals surface area contributed by atoms with Gasteiger partial charge < -0.3 is 15.7 Å². The van der Waals surface area contributed by atoms with Crippen LogP contribution < -0.4 is 10.6 Å². The molecule has 0 aromatic heterocycles. The highest BCUT2D eigenvalue weighted by molar-refractivity contribution is 5.78. The van der Waals surface area contributed by atoms with Crippen LogP contribution in [0.25, 0.3) is 0 Å². The number of hydrogen-bond acceptors (Lipinski definition) is 3. The lowest BCUT2D eigenvalue weighted by molar-refractivity contribution is -0.124. The SMILES string of the molecule is CCNCC(C)C(=O)NCC(CC)CCO. The fourth-order valence-electron chi connectivity index (χ4n) is 1.51. The molecule has 4 heteroatoms. The van der Waals surface area contributed by atoms with Gasteiger partial charge in [-0.25, -0.2) is 0 Å². The largest absolute Gasteiger partial charge is 0.396 e. The molecule has 0 rings (SSSR count). The molecule has 0 heterocycles. The van der Waals surface area contributed by atoms with Gasteiger partial charge in [0.05, 0.1) is 0 Å². The first kappa shape index (κ1) is 15.4. The van der Waals surface area contributed by atoms with Crippen molar-refractivity contribution < 1.29 is 9.90 Å². The lowest BCUT2D eigenvalue weighted by Crippen LogP contribution is -2.37. The van der Waals surface area contributed by atoms with Gasteiger partial charge >= 0.3 is 0 Å². The standard InChI is InChI=1S/C12H26N2O2/c1-4-11(6-7-15)9-14-12(16)10(3)8-13-5-2/h10-11,13,15H,4-9H2,1-3H3,(H,14,16). The summed E-state index contributed by atoms with van der Waals surface area (Å²) in [6, 6.07) is 0. The molecule has 0 saturated carbocycles. The van der Waals surface area contributed by atoms with Crippen molar-refractivity contribution in [2.24, 2.45) is 11.8 Å². The van der Waals surface area contributed by atoms with E-state index in [1.54, 1.807) is 0 Å². The van der Waals surface area contributed by atoms with Gasteiger partial charge in [0.25, 0.3) is 0 Å². The number of amides is 1. The molecule has 1 amide bonds. The van der Waals surface area contributed by atoms with Crippen LogP contribution in [0.15, 0.2) is 0 Å². The van der Waals surface area contributed by atoms with E-state index in [2.05, 4.69) is 17.6 Å². The molecule has 0 aromatic carbocycles. The number of carbonyl (C=O) groups excluding carboxylic acids is 1. The second-order valence-corrected chi connectivity index (χ2v) is 4.24. The number of carbonyl (C=O) groups is 1. The van der Waals surface area contributed by atoms with Gasteiger partial charge in [-0.3, -0.25) is 4.79 Å². The molecule has 96 valence electrons. The first-order chi connectivity index (χ1) is 7.65. The Hall–Kier alpha value is -0.610. The van der Waals surface area contributed by atoms with Crippen molar-refractivity contribution in [3.05, 3.63) is 0 Å². The van der Waals surface area contributed by atoms with Crippen LogP contribution in [0.3, 0.4) is 0 Å². The summed E-state index contributed by atoms with van der Waals surface area (Å²) in [6.07, 6.45) is 1.75. The summed E-state index contributed by atoms with van der Waals surface area (Å²) in [4.78, 5) is 11.7. The number of hydrogen-bond donors (Lipinski definition) is 3. The molecule has 2 atom stereocenters. The van der Waals surface area contributed by atoms with Crippen LogP contribution >= 0.6 is 0 Å². The molecular weight excluding hydrogens is 204 g/mol. The summed E-state index contributed by atoms with van der Waals surface area (Å²) in [5.41, 5.74) is 0. The quantitative estimate of drug-likeness (QED) is 0.548. The van der Waals surface area contributed by atoms with Crippen LogP contribution in [-0.2, 0) is 4.79 Å². The molecule has 3 N–H and O–H groups in total. The van der Waals surface area contributed by atoms with E-state index in [4.69, 9.17) is 5.11 Å². The second-order valence-electron chi connectivity index (χ2n) is 4.24. The molecule has 0 bridgehead atoms. The minimum atomic E-state index is 0.00610. The van der Waals surface area contributed by atoms with Crippen molar-refractivity contribution in [3.8, 4) is 0 Å². The second kappa shape index (κ2) is 9.60. The van der Waals surface area contributed by atoms with Crippen LogP contribution in [0.1, 0.15) is 33.6 Å². The number of aliphatic hydroxyl groups excluding tert-OH is 1. The minimum absolute atomic E-state index is 0.00610. The van der Waals surface area contributed by atoms with Crippen molar-refractivity contribution in [1.29, 1.82) is 0 Å². The molecule has 0 radical (unpaired) electrons. The average Bonchev–Trinajstić information content (AvgIpc) is 2.30. The third-order valence-electron chi connectivity index (χ3n) is 2.83. The molecule has 0 saturated heterocycles. The summed E-state index contributed by atoms with van der Waals surface area (Å²) in [7, 11) is 0. The van der Waals surface area contributed by atoms with E-state index < -0.39 is 0 Å². The van der Waals surface area contributed by atoms with Gasteiger partial charge in [-0.2, -0.15) is 0 Å². The highest BCUT2D eigenvalue weighted by Crippen LogP contribution is 2.06. The molecular formula is C12H26N2O2. The van der Waals surface area contributed by atoms with Crippen LogP contribution in [0, 0.1) is 11.8 Å². The van der Waals surface area contributed by atoms with Gasteiger partial charge in [-0.05, 0) is 18.9 Å². The third-order valence-corrected chi connectivity index (χ3v) is 2.83. The molecule has 0 aliphatic rings. The van der Waals surface area contributed by atoms with E-state index in [1.165, 1.54) is 0 Å². The normalized spacial score (nSPS) is 14.5. The van der Waals surface area contributed by atoms with E-state index in [0.717, 1.165) is 25.9 Å². The van der Waals surface area contributed by atoms with Gasteiger partial charge in [0.2, 0.25) is 5.91 Å². The first-order valence-corrected chi connectivity index (χ1v) is 6.24. The van der Waals surface area contributed by atoms with E-state index in [1.807, 2.05) is 13.8 Å².